The number of carbonyl (C=O) groups excluding carboxylic acids is 1. The first kappa shape index (κ1) is 14.3. The Labute approximate surface area is 121 Å². The number of hydrogen-bond donors (Lipinski definition) is 2. The summed E-state index contributed by atoms with van der Waals surface area (Å²) < 4.78 is 6.52. The molecule has 1 atom stereocenters. The summed E-state index contributed by atoms with van der Waals surface area (Å²) in [7, 11) is 1.90. The summed E-state index contributed by atoms with van der Waals surface area (Å²) in [5.41, 5.74) is 6.87. The predicted molar refractivity (Wildman–Crippen MR) is 78.5 cm³/mol. The Kier molecular flexibility index (Phi) is 4.79. The lowest BCUT2D eigenvalue weighted by Gasteiger charge is -2.35. The van der Waals surface area contributed by atoms with E-state index in [0.29, 0.717) is 12.2 Å². The molecular formula is C13H18BrN3O2. The first-order chi connectivity index (χ1) is 9.11. The lowest BCUT2D eigenvalue weighted by atomic mass is 10.1. The van der Waals surface area contributed by atoms with Gasteiger partial charge in [-0.25, -0.2) is 0 Å². The van der Waals surface area contributed by atoms with Crippen LogP contribution in [0.3, 0.4) is 0 Å². The average Bonchev–Trinajstić information content (AvgIpc) is 2.39. The Balaban J connectivity index is 2.23. The maximum absolute atomic E-state index is 11.6. The second-order valence-corrected chi connectivity index (χ2v) is 5.44. The minimum absolute atomic E-state index is 0.128. The Morgan fingerprint density at radius 3 is 3.11 bits per heavy atom. The third-order valence-corrected chi connectivity index (χ3v) is 3.63. The van der Waals surface area contributed by atoms with Crippen molar-refractivity contribution in [2.75, 3.05) is 38.2 Å². The molecule has 0 bridgehead atoms. The molecule has 1 amide bonds. The van der Waals surface area contributed by atoms with Crippen molar-refractivity contribution in [3.63, 3.8) is 0 Å². The number of morpholine rings is 1. The van der Waals surface area contributed by atoms with Crippen LogP contribution < -0.4 is 16.0 Å². The summed E-state index contributed by atoms with van der Waals surface area (Å²) in [5, 5.41) is 3.11. The van der Waals surface area contributed by atoms with Crippen LogP contribution in [0.2, 0.25) is 0 Å². The molecule has 1 aliphatic heterocycles. The van der Waals surface area contributed by atoms with Gasteiger partial charge in [0.25, 0.3) is 5.91 Å². The van der Waals surface area contributed by atoms with E-state index in [4.69, 9.17) is 10.5 Å². The molecule has 1 aromatic carbocycles. The molecule has 104 valence electrons. The molecule has 0 aliphatic carbocycles. The maximum Gasteiger partial charge on any atom is 0.250 e. The van der Waals surface area contributed by atoms with Gasteiger partial charge in [-0.3, -0.25) is 4.79 Å². The topological polar surface area (TPSA) is 67.6 Å². The van der Waals surface area contributed by atoms with Gasteiger partial charge >= 0.3 is 0 Å². The molecule has 1 unspecified atom stereocenters. The minimum atomic E-state index is -0.409. The second kappa shape index (κ2) is 6.36. The third-order valence-electron chi connectivity index (χ3n) is 3.14. The van der Waals surface area contributed by atoms with Crippen molar-refractivity contribution in [1.29, 1.82) is 0 Å². The van der Waals surface area contributed by atoms with Crippen LogP contribution in [-0.4, -0.2) is 45.3 Å². The van der Waals surface area contributed by atoms with Crippen LogP contribution >= 0.6 is 15.9 Å². The highest BCUT2D eigenvalue weighted by Gasteiger charge is 2.23. The van der Waals surface area contributed by atoms with Gasteiger partial charge in [0.05, 0.1) is 18.3 Å². The zero-order valence-electron chi connectivity index (χ0n) is 10.9. The van der Waals surface area contributed by atoms with Gasteiger partial charge in [0.2, 0.25) is 0 Å². The molecule has 1 aliphatic rings. The largest absolute Gasteiger partial charge is 0.373 e. The lowest BCUT2D eigenvalue weighted by Crippen LogP contribution is -2.46. The number of anilines is 1. The van der Waals surface area contributed by atoms with Crippen LogP contribution in [0.5, 0.6) is 0 Å². The van der Waals surface area contributed by atoms with Crippen LogP contribution in [0, 0.1) is 0 Å². The van der Waals surface area contributed by atoms with Crippen molar-refractivity contribution in [2.45, 2.75) is 6.10 Å². The Hall–Kier alpha value is -1.11. The number of likely N-dealkylation sites (N-methyl/N-ethyl adjacent to an activating group) is 1. The van der Waals surface area contributed by atoms with Gasteiger partial charge in [-0.05, 0) is 25.2 Å². The van der Waals surface area contributed by atoms with Crippen molar-refractivity contribution in [1.82, 2.24) is 5.32 Å². The van der Waals surface area contributed by atoms with E-state index in [1.165, 1.54) is 0 Å². The predicted octanol–water partition coefficient (Wildman–Crippen LogP) is 0.973. The normalized spacial score (nSPS) is 19.5. The van der Waals surface area contributed by atoms with Crippen LogP contribution in [0.1, 0.15) is 10.4 Å². The average molecular weight is 328 g/mol. The van der Waals surface area contributed by atoms with E-state index < -0.39 is 5.91 Å². The van der Waals surface area contributed by atoms with Gasteiger partial charge in [-0.15, -0.1) is 0 Å². The van der Waals surface area contributed by atoms with Crippen molar-refractivity contribution in [2.24, 2.45) is 5.73 Å². The zero-order valence-corrected chi connectivity index (χ0v) is 12.4. The number of nitrogens with zero attached hydrogens (tertiary/aromatic N) is 1. The van der Waals surface area contributed by atoms with Crippen molar-refractivity contribution >= 4 is 27.5 Å². The third kappa shape index (κ3) is 3.46. The lowest BCUT2D eigenvalue weighted by molar-refractivity contribution is 0.0421. The fourth-order valence-corrected chi connectivity index (χ4v) is 2.63. The Morgan fingerprint density at radius 2 is 2.42 bits per heavy atom. The number of nitrogens with one attached hydrogen (secondary N) is 1. The Morgan fingerprint density at radius 1 is 1.63 bits per heavy atom. The van der Waals surface area contributed by atoms with E-state index in [0.717, 1.165) is 29.8 Å². The molecule has 2 rings (SSSR count). The number of carbonyl (C=O) groups is 1. The van der Waals surface area contributed by atoms with E-state index >= 15 is 0 Å². The highest BCUT2D eigenvalue weighted by molar-refractivity contribution is 9.10. The molecule has 3 N–H and O–H groups in total. The summed E-state index contributed by atoms with van der Waals surface area (Å²) in [5.74, 6) is -0.409. The fourth-order valence-electron chi connectivity index (χ4n) is 2.27. The van der Waals surface area contributed by atoms with Crippen molar-refractivity contribution < 1.29 is 9.53 Å². The summed E-state index contributed by atoms with van der Waals surface area (Å²) in [6, 6.07) is 5.61. The SMILES string of the molecule is CNCC1CN(c2ccc(Br)cc2C(N)=O)CCO1. The number of rotatable bonds is 4. The van der Waals surface area contributed by atoms with Crippen molar-refractivity contribution in [3.8, 4) is 0 Å². The first-order valence-electron chi connectivity index (χ1n) is 6.22. The maximum atomic E-state index is 11.6. The first-order valence-corrected chi connectivity index (χ1v) is 7.01. The number of hydrogen-bond acceptors (Lipinski definition) is 4. The summed E-state index contributed by atoms with van der Waals surface area (Å²) in [6.07, 6.45) is 0.128. The summed E-state index contributed by atoms with van der Waals surface area (Å²) >= 11 is 3.36. The Bertz CT molecular complexity index is 465. The highest BCUT2D eigenvalue weighted by atomic mass is 79.9. The van der Waals surface area contributed by atoms with Crippen LogP contribution in [-0.2, 0) is 4.74 Å². The van der Waals surface area contributed by atoms with Gasteiger partial charge in [0.15, 0.2) is 0 Å². The second-order valence-electron chi connectivity index (χ2n) is 4.52. The summed E-state index contributed by atoms with van der Waals surface area (Å²) in [4.78, 5) is 13.7. The minimum Gasteiger partial charge on any atom is -0.373 e. The molecule has 1 heterocycles. The molecule has 0 aromatic heterocycles. The number of ether oxygens (including phenoxy) is 1. The number of nitrogens with two attached hydrogens (primary N) is 1. The van der Waals surface area contributed by atoms with E-state index in [-0.39, 0.29) is 6.10 Å². The van der Waals surface area contributed by atoms with Crippen molar-refractivity contribution in [3.05, 3.63) is 28.2 Å². The van der Waals surface area contributed by atoms with Gasteiger partial charge in [0, 0.05) is 29.8 Å². The zero-order chi connectivity index (χ0) is 13.8. The molecule has 0 spiro atoms. The molecule has 1 fully saturated rings. The van der Waals surface area contributed by atoms with Gasteiger partial charge in [-0.1, -0.05) is 15.9 Å². The molecule has 0 radical (unpaired) electrons. The molecular weight excluding hydrogens is 310 g/mol. The van der Waals surface area contributed by atoms with Crippen LogP contribution in [0.4, 0.5) is 5.69 Å². The number of halogens is 1. The van der Waals surface area contributed by atoms with Gasteiger partial charge < -0.3 is 20.7 Å². The number of primary amides is 1. The molecule has 5 nitrogen and oxygen atoms in total. The van der Waals surface area contributed by atoms with E-state index in [2.05, 4.69) is 26.1 Å². The molecule has 1 saturated heterocycles. The van der Waals surface area contributed by atoms with E-state index in [9.17, 15) is 4.79 Å². The molecule has 19 heavy (non-hydrogen) atoms. The van der Waals surface area contributed by atoms with Gasteiger partial charge in [0.1, 0.15) is 0 Å². The number of amides is 1. The number of benzene rings is 1. The van der Waals surface area contributed by atoms with E-state index in [1.807, 2.05) is 19.2 Å². The standard InChI is InChI=1S/C13H18BrN3O2/c1-16-7-10-8-17(4-5-19-10)12-3-2-9(14)6-11(12)13(15)18/h2-3,6,10,16H,4-5,7-8H2,1H3,(H2,15,18). The molecule has 6 heteroatoms. The monoisotopic (exact) mass is 327 g/mol. The summed E-state index contributed by atoms with van der Waals surface area (Å²) in [6.45, 7) is 2.96. The smallest absolute Gasteiger partial charge is 0.250 e. The molecule has 0 saturated carbocycles. The van der Waals surface area contributed by atoms with Crippen LogP contribution in [0.15, 0.2) is 22.7 Å². The van der Waals surface area contributed by atoms with E-state index in [1.54, 1.807) is 6.07 Å². The van der Waals surface area contributed by atoms with Crippen LogP contribution in [0.25, 0.3) is 0 Å². The molecule has 1 aromatic rings. The quantitative estimate of drug-likeness (QED) is 0.864. The fraction of sp³-hybridized carbons (Fsp3) is 0.462. The van der Waals surface area contributed by atoms with Gasteiger partial charge in [-0.2, -0.15) is 0 Å². The highest BCUT2D eigenvalue weighted by Crippen LogP contribution is 2.26.